The van der Waals surface area contributed by atoms with Crippen LogP contribution in [0.3, 0.4) is 0 Å². The van der Waals surface area contributed by atoms with Crippen molar-refractivity contribution in [2.24, 2.45) is 0 Å². The van der Waals surface area contributed by atoms with E-state index in [1.807, 2.05) is 11.8 Å². The average Bonchev–Trinajstić information content (AvgIpc) is 2.32. The maximum atomic E-state index is 6.14. The van der Waals surface area contributed by atoms with Gasteiger partial charge in [0.25, 0.3) is 0 Å². The van der Waals surface area contributed by atoms with Crippen molar-refractivity contribution in [1.29, 1.82) is 0 Å². The van der Waals surface area contributed by atoms with Gasteiger partial charge in [-0.15, -0.1) is 0 Å². The fraction of sp³-hybridized carbons (Fsp3) is 0.667. The van der Waals surface area contributed by atoms with Gasteiger partial charge in [0, 0.05) is 5.25 Å². The van der Waals surface area contributed by atoms with Crippen molar-refractivity contribution in [2.45, 2.75) is 51.0 Å². The molecule has 1 aromatic rings. The first-order valence-electron chi connectivity index (χ1n) is 5.90. The molecule has 0 aliphatic carbocycles. The molecule has 0 aliphatic heterocycles. The summed E-state index contributed by atoms with van der Waals surface area (Å²) >= 11 is 10.3. The van der Waals surface area contributed by atoms with Gasteiger partial charge in [-0.1, -0.05) is 38.8 Å². The monoisotopic (exact) mass is 384 g/mol. The first-order valence-corrected chi connectivity index (χ1v) is 8.41. The van der Waals surface area contributed by atoms with Gasteiger partial charge in [-0.3, -0.25) is 0 Å². The van der Waals surface area contributed by atoms with Gasteiger partial charge in [0.05, 0.1) is 15.0 Å². The zero-order valence-electron chi connectivity index (χ0n) is 10.5. The molecule has 1 rings (SSSR count). The zero-order valence-corrected chi connectivity index (χ0v) is 14.2. The SMILES string of the molecule is CCCc1nc(CSC(C)CC)nc(Cl)c1I. The van der Waals surface area contributed by atoms with Crippen molar-refractivity contribution in [3.8, 4) is 0 Å². The number of hydrogen-bond donors (Lipinski definition) is 0. The van der Waals surface area contributed by atoms with Crippen LogP contribution in [0.5, 0.6) is 0 Å². The maximum Gasteiger partial charge on any atom is 0.146 e. The third-order valence-corrected chi connectivity index (χ3v) is 5.54. The van der Waals surface area contributed by atoms with Gasteiger partial charge in [-0.2, -0.15) is 11.8 Å². The lowest BCUT2D eigenvalue weighted by Crippen LogP contribution is -2.04. The van der Waals surface area contributed by atoms with Crippen LogP contribution >= 0.6 is 46.0 Å². The van der Waals surface area contributed by atoms with Crippen LogP contribution in [0, 0.1) is 3.57 Å². The molecule has 1 aromatic heterocycles. The summed E-state index contributed by atoms with van der Waals surface area (Å²) in [6.07, 6.45) is 3.23. The second-order valence-electron chi connectivity index (χ2n) is 3.97. The van der Waals surface area contributed by atoms with Crippen molar-refractivity contribution in [2.75, 3.05) is 0 Å². The van der Waals surface area contributed by atoms with Gasteiger partial charge in [0.15, 0.2) is 0 Å². The van der Waals surface area contributed by atoms with Gasteiger partial charge in [-0.25, -0.2) is 9.97 Å². The molecule has 96 valence electrons. The minimum Gasteiger partial charge on any atom is -0.236 e. The maximum absolute atomic E-state index is 6.14. The summed E-state index contributed by atoms with van der Waals surface area (Å²) in [5, 5.41) is 1.25. The van der Waals surface area contributed by atoms with Crippen LogP contribution in [0.2, 0.25) is 5.15 Å². The van der Waals surface area contributed by atoms with E-state index in [1.165, 1.54) is 6.42 Å². The van der Waals surface area contributed by atoms with Crippen molar-refractivity contribution >= 4 is 46.0 Å². The van der Waals surface area contributed by atoms with E-state index < -0.39 is 0 Å². The van der Waals surface area contributed by atoms with Crippen LogP contribution in [-0.2, 0) is 12.2 Å². The first kappa shape index (κ1) is 15.5. The summed E-state index contributed by atoms with van der Waals surface area (Å²) in [7, 11) is 0. The molecule has 0 saturated carbocycles. The lowest BCUT2D eigenvalue weighted by molar-refractivity contribution is 0.842. The number of nitrogens with zero attached hydrogens (tertiary/aromatic N) is 2. The molecular formula is C12H18ClIN2S. The van der Waals surface area contributed by atoms with E-state index in [9.17, 15) is 0 Å². The van der Waals surface area contributed by atoms with Gasteiger partial charge in [0.2, 0.25) is 0 Å². The molecule has 1 atom stereocenters. The molecule has 0 spiro atoms. The highest BCUT2D eigenvalue weighted by Crippen LogP contribution is 2.23. The predicted molar refractivity (Wildman–Crippen MR) is 84.8 cm³/mol. The average molecular weight is 385 g/mol. The lowest BCUT2D eigenvalue weighted by atomic mass is 10.2. The van der Waals surface area contributed by atoms with E-state index in [0.717, 1.165) is 33.7 Å². The second kappa shape index (κ2) is 7.79. The predicted octanol–water partition coefficient (Wildman–Crippen LogP) is 4.72. The topological polar surface area (TPSA) is 25.8 Å². The van der Waals surface area contributed by atoms with Crippen LogP contribution < -0.4 is 0 Å². The van der Waals surface area contributed by atoms with Gasteiger partial charge in [-0.05, 0) is 35.4 Å². The molecule has 0 amide bonds. The number of halogens is 2. The van der Waals surface area contributed by atoms with E-state index in [2.05, 4.69) is 53.3 Å². The molecule has 17 heavy (non-hydrogen) atoms. The van der Waals surface area contributed by atoms with Crippen LogP contribution in [0.1, 0.15) is 45.1 Å². The standard InChI is InChI=1S/C12H18ClIN2S/c1-4-6-9-11(14)12(13)16-10(15-9)7-17-8(3)5-2/h8H,4-7H2,1-3H3. The van der Waals surface area contributed by atoms with Gasteiger partial charge in [0.1, 0.15) is 11.0 Å². The van der Waals surface area contributed by atoms with Crippen molar-refractivity contribution in [1.82, 2.24) is 9.97 Å². The number of aryl methyl sites for hydroxylation is 1. The molecule has 1 heterocycles. The van der Waals surface area contributed by atoms with E-state index in [-0.39, 0.29) is 0 Å². The third kappa shape index (κ3) is 4.91. The highest BCUT2D eigenvalue weighted by molar-refractivity contribution is 14.1. The highest BCUT2D eigenvalue weighted by Gasteiger charge is 2.11. The summed E-state index contributed by atoms with van der Waals surface area (Å²) in [5.74, 6) is 1.71. The van der Waals surface area contributed by atoms with Crippen LogP contribution in [0.25, 0.3) is 0 Å². The van der Waals surface area contributed by atoms with Crippen molar-refractivity contribution in [3.05, 3.63) is 20.2 Å². The molecule has 0 bridgehead atoms. The fourth-order valence-electron chi connectivity index (χ4n) is 1.31. The Balaban J connectivity index is 2.79. The van der Waals surface area contributed by atoms with E-state index >= 15 is 0 Å². The second-order valence-corrected chi connectivity index (χ2v) is 6.83. The molecule has 1 unspecified atom stereocenters. The molecule has 5 heteroatoms. The Morgan fingerprint density at radius 1 is 1.35 bits per heavy atom. The molecule has 0 N–H and O–H groups in total. The fourth-order valence-corrected chi connectivity index (χ4v) is 2.83. The van der Waals surface area contributed by atoms with E-state index in [4.69, 9.17) is 11.6 Å². The molecule has 0 aromatic carbocycles. The minimum atomic E-state index is 0.601. The molecule has 0 fully saturated rings. The van der Waals surface area contributed by atoms with E-state index in [0.29, 0.717) is 10.4 Å². The Morgan fingerprint density at radius 3 is 2.65 bits per heavy atom. The molecule has 0 saturated heterocycles. The zero-order chi connectivity index (χ0) is 12.8. The Hall–Kier alpha value is 0.450. The first-order chi connectivity index (χ1) is 8.08. The Morgan fingerprint density at radius 2 is 2.06 bits per heavy atom. The summed E-state index contributed by atoms with van der Waals surface area (Å²) in [6, 6.07) is 0. The number of rotatable bonds is 6. The Kier molecular flexibility index (Phi) is 7.11. The van der Waals surface area contributed by atoms with Crippen molar-refractivity contribution < 1.29 is 0 Å². The van der Waals surface area contributed by atoms with Crippen LogP contribution in [0.4, 0.5) is 0 Å². The molecule has 0 radical (unpaired) electrons. The molecular weight excluding hydrogens is 367 g/mol. The lowest BCUT2D eigenvalue weighted by Gasteiger charge is -2.10. The smallest absolute Gasteiger partial charge is 0.146 e. The molecule has 0 aliphatic rings. The van der Waals surface area contributed by atoms with Gasteiger partial charge >= 0.3 is 0 Å². The number of thioether (sulfide) groups is 1. The summed E-state index contributed by atoms with van der Waals surface area (Å²) < 4.78 is 1.00. The summed E-state index contributed by atoms with van der Waals surface area (Å²) in [6.45, 7) is 6.58. The summed E-state index contributed by atoms with van der Waals surface area (Å²) in [5.41, 5.74) is 1.09. The normalized spacial score (nSPS) is 12.8. The van der Waals surface area contributed by atoms with Crippen LogP contribution in [0.15, 0.2) is 0 Å². The largest absolute Gasteiger partial charge is 0.236 e. The Bertz CT molecular complexity index is 374. The Labute approximate surface area is 126 Å². The molecule has 2 nitrogen and oxygen atoms in total. The van der Waals surface area contributed by atoms with Crippen molar-refractivity contribution in [3.63, 3.8) is 0 Å². The number of hydrogen-bond acceptors (Lipinski definition) is 3. The van der Waals surface area contributed by atoms with Gasteiger partial charge < -0.3 is 0 Å². The minimum absolute atomic E-state index is 0.601. The highest BCUT2D eigenvalue weighted by atomic mass is 127. The summed E-state index contributed by atoms with van der Waals surface area (Å²) in [4.78, 5) is 8.95. The van der Waals surface area contributed by atoms with Crippen LogP contribution in [-0.4, -0.2) is 15.2 Å². The quantitative estimate of drug-likeness (QED) is 0.524. The third-order valence-electron chi connectivity index (χ3n) is 2.48. The number of aromatic nitrogens is 2. The van der Waals surface area contributed by atoms with E-state index in [1.54, 1.807) is 0 Å².